The molecule has 1 saturated carbocycles. The standard InChI is InChI=1S/C11H21NO2/c1-2-12(14)11(13)9-8-10-6-4-3-5-7-10/h10,14H,2-9H2,1H3. The monoisotopic (exact) mass is 199 g/mol. The molecule has 0 spiro atoms. The topological polar surface area (TPSA) is 40.5 Å². The van der Waals surface area contributed by atoms with Gasteiger partial charge in [-0.05, 0) is 19.3 Å². The van der Waals surface area contributed by atoms with Crippen molar-refractivity contribution in [3.63, 3.8) is 0 Å². The Balaban J connectivity index is 2.15. The van der Waals surface area contributed by atoms with Gasteiger partial charge in [-0.15, -0.1) is 0 Å². The van der Waals surface area contributed by atoms with Crippen LogP contribution in [0.15, 0.2) is 0 Å². The summed E-state index contributed by atoms with van der Waals surface area (Å²) in [7, 11) is 0. The summed E-state index contributed by atoms with van der Waals surface area (Å²) in [5.74, 6) is 0.594. The van der Waals surface area contributed by atoms with Crippen LogP contribution in [0.5, 0.6) is 0 Å². The number of rotatable bonds is 4. The van der Waals surface area contributed by atoms with E-state index in [1.54, 1.807) is 6.92 Å². The van der Waals surface area contributed by atoms with E-state index in [1.807, 2.05) is 0 Å². The minimum Gasteiger partial charge on any atom is -0.286 e. The lowest BCUT2D eigenvalue weighted by Crippen LogP contribution is -2.27. The van der Waals surface area contributed by atoms with Crippen LogP contribution >= 0.6 is 0 Å². The zero-order valence-corrected chi connectivity index (χ0v) is 9.04. The van der Waals surface area contributed by atoms with Crippen LogP contribution in [0.3, 0.4) is 0 Å². The van der Waals surface area contributed by atoms with Crippen LogP contribution in [0.4, 0.5) is 0 Å². The molecule has 0 saturated heterocycles. The lowest BCUT2D eigenvalue weighted by Gasteiger charge is -2.21. The van der Waals surface area contributed by atoms with Crippen molar-refractivity contribution in [2.75, 3.05) is 6.54 Å². The van der Waals surface area contributed by atoms with Gasteiger partial charge in [-0.3, -0.25) is 10.0 Å². The maximum Gasteiger partial charge on any atom is 0.245 e. The van der Waals surface area contributed by atoms with Gasteiger partial charge in [0.2, 0.25) is 5.91 Å². The Kier molecular flexibility index (Phi) is 4.94. The average Bonchev–Trinajstić information content (AvgIpc) is 2.26. The fourth-order valence-corrected chi connectivity index (χ4v) is 2.11. The fourth-order valence-electron chi connectivity index (χ4n) is 2.11. The predicted octanol–water partition coefficient (Wildman–Crippen LogP) is 2.58. The van der Waals surface area contributed by atoms with E-state index in [2.05, 4.69) is 0 Å². The van der Waals surface area contributed by atoms with Crippen molar-refractivity contribution in [1.82, 2.24) is 5.06 Å². The molecule has 14 heavy (non-hydrogen) atoms. The highest BCUT2D eigenvalue weighted by molar-refractivity contribution is 5.74. The lowest BCUT2D eigenvalue weighted by atomic mass is 9.86. The quantitative estimate of drug-likeness (QED) is 0.558. The maximum atomic E-state index is 11.3. The summed E-state index contributed by atoms with van der Waals surface area (Å²) >= 11 is 0. The molecule has 1 aliphatic carbocycles. The van der Waals surface area contributed by atoms with Crippen LogP contribution < -0.4 is 0 Å². The van der Waals surface area contributed by atoms with Gasteiger partial charge in [0.1, 0.15) is 0 Å². The second kappa shape index (κ2) is 6.02. The van der Waals surface area contributed by atoms with Crippen LogP contribution in [-0.4, -0.2) is 22.7 Å². The van der Waals surface area contributed by atoms with Crippen LogP contribution in [0.1, 0.15) is 51.9 Å². The Morgan fingerprint density at radius 3 is 2.57 bits per heavy atom. The third kappa shape index (κ3) is 3.66. The molecule has 0 radical (unpaired) electrons. The summed E-state index contributed by atoms with van der Waals surface area (Å²) in [5, 5.41) is 9.96. The van der Waals surface area contributed by atoms with Crippen LogP contribution in [0.2, 0.25) is 0 Å². The van der Waals surface area contributed by atoms with E-state index >= 15 is 0 Å². The first kappa shape index (κ1) is 11.5. The summed E-state index contributed by atoms with van der Waals surface area (Å²) in [6.45, 7) is 2.17. The fraction of sp³-hybridized carbons (Fsp3) is 0.909. The second-order valence-electron chi connectivity index (χ2n) is 4.15. The molecule has 1 fully saturated rings. The van der Waals surface area contributed by atoms with Crippen molar-refractivity contribution in [2.24, 2.45) is 5.92 Å². The molecule has 1 amide bonds. The summed E-state index contributed by atoms with van der Waals surface area (Å²) in [5.41, 5.74) is 0. The third-order valence-corrected chi connectivity index (χ3v) is 3.08. The van der Waals surface area contributed by atoms with E-state index in [-0.39, 0.29) is 5.91 Å². The molecule has 0 unspecified atom stereocenters. The highest BCUT2D eigenvalue weighted by Crippen LogP contribution is 2.27. The number of hydrogen-bond donors (Lipinski definition) is 1. The summed E-state index contributed by atoms with van der Waals surface area (Å²) in [6.07, 6.45) is 7.98. The summed E-state index contributed by atoms with van der Waals surface area (Å²) in [4.78, 5) is 11.3. The molecular weight excluding hydrogens is 178 g/mol. The Bertz CT molecular complexity index is 176. The van der Waals surface area contributed by atoms with Crippen molar-refractivity contribution in [2.45, 2.75) is 51.9 Å². The molecule has 0 aromatic rings. The maximum absolute atomic E-state index is 11.3. The van der Waals surface area contributed by atoms with Crippen LogP contribution in [-0.2, 0) is 4.79 Å². The van der Waals surface area contributed by atoms with Crippen molar-refractivity contribution >= 4 is 5.91 Å². The molecule has 3 heteroatoms. The third-order valence-electron chi connectivity index (χ3n) is 3.08. The van der Waals surface area contributed by atoms with Gasteiger partial charge in [-0.25, -0.2) is 5.06 Å². The molecule has 1 rings (SSSR count). The zero-order chi connectivity index (χ0) is 10.4. The van der Waals surface area contributed by atoms with Gasteiger partial charge >= 0.3 is 0 Å². The predicted molar refractivity (Wildman–Crippen MR) is 55.0 cm³/mol. The molecule has 0 heterocycles. The lowest BCUT2D eigenvalue weighted by molar-refractivity contribution is -0.164. The van der Waals surface area contributed by atoms with Crippen LogP contribution in [0, 0.1) is 5.92 Å². The Morgan fingerprint density at radius 2 is 2.00 bits per heavy atom. The van der Waals surface area contributed by atoms with E-state index in [4.69, 9.17) is 5.21 Å². The van der Waals surface area contributed by atoms with Gasteiger partial charge in [0.25, 0.3) is 0 Å². The minimum atomic E-state index is -0.127. The minimum absolute atomic E-state index is 0.127. The van der Waals surface area contributed by atoms with Gasteiger partial charge in [-0.1, -0.05) is 32.1 Å². The number of hydroxylamine groups is 2. The molecule has 0 aliphatic heterocycles. The molecule has 1 N–H and O–H groups in total. The Morgan fingerprint density at radius 1 is 1.36 bits per heavy atom. The SMILES string of the molecule is CCN(O)C(=O)CCC1CCCCC1. The molecule has 0 bridgehead atoms. The van der Waals surface area contributed by atoms with Crippen LogP contribution in [0.25, 0.3) is 0 Å². The first-order valence-electron chi connectivity index (χ1n) is 5.73. The van der Waals surface area contributed by atoms with E-state index in [9.17, 15) is 4.79 Å². The van der Waals surface area contributed by atoms with E-state index in [0.29, 0.717) is 13.0 Å². The highest BCUT2D eigenvalue weighted by atomic mass is 16.5. The van der Waals surface area contributed by atoms with E-state index < -0.39 is 0 Å². The molecule has 0 aromatic heterocycles. The van der Waals surface area contributed by atoms with Crippen molar-refractivity contribution in [1.29, 1.82) is 0 Å². The summed E-state index contributed by atoms with van der Waals surface area (Å²) < 4.78 is 0. The number of amides is 1. The molecule has 0 aromatic carbocycles. The molecule has 82 valence electrons. The number of carbonyl (C=O) groups is 1. The van der Waals surface area contributed by atoms with E-state index in [0.717, 1.165) is 17.4 Å². The average molecular weight is 199 g/mol. The van der Waals surface area contributed by atoms with E-state index in [1.165, 1.54) is 32.1 Å². The van der Waals surface area contributed by atoms with Crippen molar-refractivity contribution in [3.8, 4) is 0 Å². The normalized spacial score (nSPS) is 18.1. The highest BCUT2D eigenvalue weighted by Gasteiger charge is 2.16. The van der Waals surface area contributed by atoms with Gasteiger partial charge in [0.15, 0.2) is 0 Å². The second-order valence-corrected chi connectivity index (χ2v) is 4.15. The van der Waals surface area contributed by atoms with Crippen molar-refractivity contribution in [3.05, 3.63) is 0 Å². The van der Waals surface area contributed by atoms with Crippen molar-refractivity contribution < 1.29 is 10.0 Å². The van der Waals surface area contributed by atoms with Gasteiger partial charge in [0.05, 0.1) is 0 Å². The number of hydrogen-bond acceptors (Lipinski definition) is 2. The molecular formula is C11H21NO2. The molecule has 0 atom stereocenters. The first-order chi connectivity index (χ1) is 6.74. The Hall–Kier alpha value is -0.570. The number of carbonyl (C=O) groups excluding carboxylic acids is 1. The molecule has 1 aliphatic rings. The van der Waals surface area contributed by atoms with Gasteiger partial charge < -0.3 is 0 Å². The largest absolute Gasteiger partial charge is 0.286 e. The smallest absolute Gasteiger partial charge is 0.245 e. The van der Waals surface area contributed by atoms with Gasteiger partial charge in [0, 0.05) is 13.0 Å². The number of nitrogens with zero attached hydrogens (tertiary/aromatic N) is 1. The van der Waals surface area contributed by atoms with Gasteiger partial charge in [-0.2, -0.15) is 0 Å². The molecule has 3 nitrogen and oxygen atoms in total. The zero-order valence-electron chi connectivity index (χ0n) is 9.04. The first-order valence-corrected chi connectivity index (χ1v) is 5.73. The summed E-state index contributed by atoms with van der Waals surface area (Å²) in [6, 6.07) is 0. The Labute approximate surface area is 86.1 Å².